The molecule has 2 aromatic rings. The van der Waals surface area contributed by atoms with E-state index in [9.17, 15) is 18.0 Å². The number of carbonyl (C=O) groups excluding carboxylic acids is 2. The standard InChI is InChI=1S/C25H31N3O4S/c1-25(2)21-16-20(11-12-22(21)27(3)24(25)30)33(31,32)28-15-7-10-19(17-28)23(29)26-14-13-18-8-5-4-6-9-18/h4-6,8-9,11-12,16,19H,7,10,13-15,17H2,1-3H3,(H,26,29)/t19-/m0/s1. The summed E-state index contributed by atoms with van der Waals surface area (Å²) >= 11 is 0. The number of rotatable bonds is 6. The van der Waals surface area contributed by atoms with Gasteiger partial charge in [-0.1, -0.05) is 30.3 Å². The van der Waals surface area contributed by atoms with Crippen molar-refractivity contribution in [3.05, 3.63) is 59.7 Å². The first-order valence-electron chi connectivity index (χ1n) is 11.4. The van der Waals surface area contributed by atoms with Gasteiger partial charge in [0.15, 0.2) is 0 Å². The number of hydrogen-bond donors (Lipinski definition) is 1. The molecule has 1 atom stereocenters. The van der Waals surface area contributed by atoms with Gasteiger partial charge in [-0.3, -0.25) is 9.59 Å². The highest BCUT2D eigenvalue weighted by atomic mass is 32.2. The van der Waals surface area contributed by atoms with E-state index in [0.29, 0.717) is 31.5 Å². The quantitative estimate of drug-likeness (QED) is 0.705. The second-order valence-corrected chi connectivity index (χ2v) is 11.3. The smallest absolute Gasteiger partial charge is 0.243 e. The highest BCUT2D eigenvalue weighted by Gasteiger charge is 2.43. The minimum atomic E-state index is -3.78. The van der Waals surface area contributed by atoms with Gasteiger partial charge in [-0.15, -0.1) is 0 Å². The van der Waals surface area contributed by atoms with Crippen molar-refractivity contribution >= 4 is 27.5 Å². The number of hydrogen-bond acceptors (Lipinski definition) is 4. The zero-order valence-electron chi connectivity index (χ0n) is 19.4. The minimum absolute atomic E-state index is 0.0581. The molecular formula is C25H31N3O4S. The fourth-order valence-electron chi connectivity index (χ4n) is 4.76. The maximum atomic E-state index is 13.4. The summed E-state index contributed by atoms with van der Waals surface area (Å²) in [6, 6.07) is 14.8. The first-order valence-corrected chi connectivity index (χ1v) is 12.8. The van der Waals surface area contributed by atoms with Gasteiger partial charge in [0.1, 0.15) is 0 Å². The third-order valence-electron chi connectivity index (χ3n) is 6.79. The summed E-state index contributed by atoms with van der Waals surface area (Å²) in [5, 5.41) is 2.96. The Labute approximate surface area is 195 Å². The lowest BCUT2D eigenvalue weighted by Gasteiger charge is -2.31. The maximum absolute atomic E-state index is 13.4. The second kappa shape index (κ2) is 8.91. The van der Waals surface area contributed by atoms with Crippen molar-refractivity contribution in [2.75, 3.05) is 31.6 Å². The number of likely N-dealkylation sites (N-methyl/N-ethyl adjacent to an activating group) is 1. The molecule has 0 aromatic heterocycles. The number of nitrogens with zero attached hydrogens (tertiary/aromatic N) is 2. The van der Waals surface area contributed by atoms with Gasteiger partial charge < -0.3 is 10.2 Å². The number of nitrogens with one attached hydrogen (secondary N) is 1. The van der Waals surface area contributed by atoms with Crippen LogP contribution in [-0.2, 0) is 31.4 Å². The summed E-state index contributed by atoms with van der Waals surface area (Å²) in [7, 11) is -2.07. The van der Waals surface area contributed by atoms with E-state index in [0.717, 1.165) is 17.7 Å². The van der Waals surface area contributed by atoms with Gasteiger partial charge in [0.05, 0.1) is 16.2 Å². The molecule has 0 unspecified atom stereocenters. The molecule has 2 aliphatic heterocycles. The van der Waals surface area contributed by atoms with Crippen molar-refractivity contribution < 1.29 is 18.0 Å². The van der Waals surface area contributed by atoms with Crippen LogP contribution in [0.15, 0.2) is 53.4 Å². The van der Waals surface area contributed by atoms with Gasteiger partial charge in [-0.2, -0.15) is 4.31 Å². The predicted molar refractivity (Wildman–Crippen MR) is 128 cm³/mol. The zero-order valence-corrected chi connectivity index (χ0v) is 20.2. The third-order valence-corrected chi connectivity index (χ3v) is 8.65. The molecule has 1 fully saturated rings. The number of fused-ring (bicyclic) bond motifs is 1. The molecule has 0 saturated carbocycles. The van der Waals surface area contributed by atoms with Crippen molar-refractivity contribution in [1.29, 1.82) is 0 Å². The summed E-state index contributed by atoms with van der Waals surface area (Å²) in [6.07, 6.45) is 2.03. The number of sulfonamides is 1. The molecular weight excluding hydrogens is 438 g/mol. The Kier molecular flexibility index (Phi) is 6.33. The molecule has 1 N–H and O–H groups in total. The fraction of sp³-hybridized carbons (Fsp3) is 0.440. The monoisotopic (exact) mass is 469 g/mol. The molecule has 0 radical (unpaired) electrons. The summed E-state index contributed by atoms with van der Waals surface area (Å²) in [5.74, 6) is -0.534. The lowest BCUT2D eigenvalue weighted by atomic mass is 9.86. The van der Waals surface area contributed by atoms with Gasteiger partial charge in [0, 0.05) is 32.4 Å². The molecule has 2 amide bonds. The third kappa shape index (κ3) is 4.42. The van der Waals surface area contributed by atoms with E-state index in [1.165, 1.54) is 4.31 Å². The van der Waals surface area contributed by atoms with Crippen molar-refractivity contribution in [2.24, 2.45) is 5.92 Å². The molecule has 2 heterocycles. The van der Waals surface area contributed by atoms with Crippen molar-refractivity contribution in [1.82, 2.24) is 9.62 Å². The molecule has 0 bridgehead atoms. The van der Waals surface area contributed by atoms with Crippen molar-refractivity contribution in [3.63, 3.8) is 0 Å². The Bertz CT molecular complexity index is 1160. The van der Waals surface area contributed by atoms with Crippen LogP contribution < -0.4 is 10.2 Å². The van der Waals surface area contributed by atoms with Crippen LogP contribution in [0.1, 0.15) is 37.8 Å². The SMILES string of the molecule is CN1C(=O)C(C)(C)c2cc(S(=O)(=O)N3CCC[C@H](C(=O)NCCc4ccccc4)C3)ccc21. The van der Waals surface area contributed by atoms with Gasteiger partial charge in [-0.05, 0) is 62.4 Å². The van der Waals surface area contributed by atoms with Crippen LogP contribution in [0.25, 0.3) is 0 Å². The molecule has 0 aliphatic carbocycles. The average Bonchev–Trinajstić information content (AvgIpc) is 2.99. The molecule has 7 nitrogen and oxygen atoms in total. The Morgan fingerprint density at radius 2 is 1.88 bits per heavy atom. The maximum Gasteiger partial charge on any atom is 0.243 e. The van der Waals surface area contributed by atoms with E-state index in [1.807, 2.05) is 44.2 Å². The minimum Gasteiger partial charge on any atom is -0.355 e. The summed E-state index contributed by atoms with van der Waals surface area (Å²) in [6.45, 7) is 4.69. The van der Waals surface area contributed by atoms with E-state index in [-0.39, 0.29) is 29.2 Å². The zero-order chi connectivity index (χ0) is 23.8. The average molecular weight is 470 g/mol. The molecule has 2 aliphatic rings. The van der Waals surface area contributed by atoms with Crippen LogP contribution in [0, 0.1) is 5.92 Å². The van der Waals surface area contributed by atoms with Crippen molar-refractivity contribution in [3.8, 4) is 0 Å². The van der Waals surface area contributed by atoms with E-state index in [4.69, 9.17) is 0 Å². The Morgan fingerprint density at radius 3 is 2.61 bits per heavy atom. The van der Waals surface area contributed by atoms with E-state index in [1.54, 1.807) is 30.1 Å². The largest absolute Gasteiger partial charge is 0.355 e. The number of piperidine rings is 1. The highest BCUT2D eigenvalue weighted by molar-refractivity contribution is 7.89. The molecule has 4 rings (SSSR count). The highest BCUT2D eigenvalue weighted by Crippen LogP contribution is 2.42. The molecule has 8 heteroatoms. The summed E-state index contributed by atoms with van der Waals surface area (Å²) in [4.78, 5) is 27.0. The Balaban J connectivity index is 1.45. The molecule has 2 aromatic carbocycles. The predicted octanol–water partition coefficient (Wildman–Crippen LogP) is 2.70. The molecule has 1 saturated heterocycles. The van der Waals surface area contributed by atoms with Crippen LogP contribution >= 0.6 is 0 Å². The van der Waals surface area contributed by atoms with E-state index in [2.05, 4.69) is 5.32 Å². The number of anilines is 1. The van der Waals surface area contributed by atoms with Crippen LogP contribution in [0.4, 0.5) is 5.69 Å². The number of carbonyl (C=O) groups is 2. The van der Waals surface area contributed by atoms with Crippen LogP contribution in [0.3, 0.4) is 0 Å². The lowest BCUT2D eigenvalue weighted by Crippen LogP contribution is -2.45. The van der Waals surface area contributed by atoms with Crippen LogP contribution in [0.5, 0.6) is 0 Å². The van der Waals surface area contributed by atoms with E-state index >= 15 is 0 Å². The number of amides is 2. The van der Waals surface area contributed by atoms with Crippen molar-refractivity contribution in [2.45, 2.75) is 43.4 Å². The van der Waals surface area contributed by atoms with Crippen LogP contribution in [-0.4, -0.2) is 51.2 Å². The van der Waals surface area contributed by atoms with Gasteiger partial charge in [0.25, 0.3) is 0 Å². The van der Waals surface area contributed by atoms with Crippen LogP contribution in [0.2, 0.25) is 0 Å². The van der Waals surface area contributed by atoms with Gasteiger partial charge in [-0.25, -0.2) is 8.42 Å². The van der Waals surface area contributed by atoms with E-state index < -0.39 is 15.4 Å². The lowest BCUT2D eigenvalue weighted by molar-refractivity contribution is -0.126. The Morgan fingerprint density at radius 1 is 1.15 bits per heavy atom. The molecule has 176 valence electrons. The normalized spacial score (nSPS) is 20.5. The molecule has 0 spiro atoms. The van der Waals surface area contributed by atoms with Gasteiger partial charge >= 0.3 is 0 Å². The second-order valence-electron chi connectivity index (χ2n) is 9.40. The number of benzene rings is 2. The Hall–Kier alpha value is -2.71. The summed E-state index contributed by atoms with van der Waals surface area (Å²) < 4.78 is 28.3. The fourth-order valence-corrected chi connectivity index (χ4v) is 6.31. The first-order chi connectivity index (χ1) is 15.6. The van der Waals surface area contributed by atoms with Gasteiger partial charge in [0.2, 0.25) is 21.8 Å². The summed E-state index contributed by atoms with van der Waals surface area (Å²) in [5.41, 5.74) is 1.81. The topological polar surface area (TPSA) is 86.8 Å². The first kappa shape index (κ1) is 23.4. The molecule has 33 heavy (non-hydrogen) atoms.